The number of thiophene rings is 1. The minimum atomic E-state index is -4.60. The van der Waals surface area contributed by atoms with Gasteiger partial charge in [0, 0.05) is 48.3 Å². The minimum absolute atomic E-state index is 0.0333. The maximum atomic E-state index is 13.6. The van der Waals surface area contributed by atoms with Gasteiger partial charge < -0.3 is 10.2 Å². The van der Waals surface area contributed by atoms with Gasteiger partial charge in [-0.2, -0.15) is 13.2 Å². The Morgan fingerprint density at radius 1 is 1.15 bits per heavy atom. The first-order chi connectivity index (χ1) is 19.2. The molecule has 1 N–H and O–H groups in total. The van der Waals surface area contributed by atoms with Gasteiger partial charge in [0.05, 0.1) is 23.9 Å². The molecule has 1 saturated heterocycles. The molecular formula is C28H25F4N5O2S. The summed E-state index contributed by atoms with van der Waals surface area (Å²) in [6.45, 7) is 1.53. The summed E-state index contributed by atoms with van der Waals surface area (Å²) in [5, 5.41) is 4.32. The van der Waals surface area contributed by atoms with Gasteiger partial charge in [-0.3, -0.25) is 18.9 Å². The number of hydrogen-bond acceptors (Lipinski definition) is 5. The molecule has 208 valence electrons. The van der Waals surface area contributed by atoms with Gasteiger partial charge in [-0.25, -0.2) is 9.37 Å². The Labute approximate surface area is 231 Å². The van der Waals surface area contributed by atoms with E-state index in [0.29, 0.717) is 54.9 Å². The van der Waals surface area contributed by atoms with Crippen molar-refractivity contribution in [3.05, 3.63) is 87.0 Å². The highest BCUT2D eigenvalue weighted by Gasteiger charge is 2.33. The Morgan fingerprint density at radius 2 is 2.00 bits per heavy atom. The maximum absolute atomic E-state index is 13.6. The Balaban J connectivity index is 1.19. The van der Waals surface area contributed by atoms with Gasteiger partial charge >= 0.3 is 6.18 Å². The highest BCUT2D eigenvalue weighted by atomic mass is 32.1. The first-order valence-electron chi connectivity index (χ1n) is 12.9. The number of benzene rings is 1. The van der Waals surface area contributed by atoms with Gasteiger partial charge in [0.2, 0.25) is 0 Å². The van der Waals surface area contributed by atoms with E-state index >= 15 is 0 Å². The van der Waals surface area contributed by atoms with Crippen molar-refractivity contribution in [3.8, 4) is 0 Å². The predicted octanol–water partition coefficient (Wildman–Crippen LogP) is 5.41. The second-order valence-electron chi connectivity index (χ2n) is 10.1. The van der Waals surface area contributed by atoms with E-state index in [4.69, 9.17) is 0 Å². The fourth-order valence-electron chi connectivity index (χ4n) is 5.35. The summed E-state index contributed by atoms with van der Waals surface area (Å²) < 4.78 is 56.2. The molecule has 4 aromatic rings. The zero-order valence-corrected chi connectivity index (χ0v) is 22.1. The van der Waals surface area contributed by atoms with Crippen molar-refractivity contribution in [2.75, 3.05) is 25.0 Å². The second-order valence-corrected chi connectivity index (χ2v) is 11.1. The van der Waals surface area contributed by atoms with Crippen molar-refractivity contribution in [1.29, 1.82) is 0 Å². The summed E-state index contributed by atoms with van der Waals surface area (Å²) in [4.78, 5) is 35.1. The molecule has 6 rings (SSSR count). The molecule has 1 atom stereocenters. The number of likely N-dealkylation sites (tertiary alicyclic amines) is 1. The van der Waals surface area contributed by atoms with Crippen LogP contribution in [0, 0.1) is 0 Å². The number of hydrogen-bond donors (Lipinski definition) is 1. The van der Waals surface area contributed by atoms with E-state index in [0.717, 1.165) is 22.6 Å². The second kappa shape index (κ2) is 10.3. The van der Waals surface area contributed by atoms with Gasteiger partial charge in [-0.15, -0.1) is 11.3 Å². The lowest BCUT2D eigenvalue weighted by molar-refractivity contribution is -0.137. The fraction of sp³-hybridized carbons (Fsp3) is 0.321. The van der Waals surface area contributed by atoms with Crippen molar-refractivity contribution >= 4 is 34.5 Å². The van der Waals surface area contributed by atoms with Crippen LogP contribution in [0.1, 0.15) is 48.8 Å². The SMILES string of the molecule is O=C(Nc1cc(CN2CCC(F)C2)cc(C(F)(F)F)c1)c1csc2c1CCN(C(=O)c1cnc3ccccn13)C2. The topological polar surface area (TPSA) is 70.0 Å². The number of nitrogens with zero attached hydrogens (tertiary/aromatic N) is 4. The summed E-state index contributed by atoms with van der Waals surface area (Å²) in [6, 6.07) is 8.95. The van der Waals surface area contributed by atoms with Crippen LogP contribution < -0.4 is 5.32 Å². The quantitative estimate of drug-likeness (QED) is 0.326. The van der Waals surface area contributed by atoms with Crippen LogP contribution in [0.5, 0.6) is 0 Å². The number of carbonyl (C=O) groups is 2. The summed E-state index contributed by atoms with van der Waals surface area (Å²) in [5.41, 5.74) is 1.82. The zero-order chi connectivity index (χ0) is 28.0. The van der Waals surface area contributed by atoms with Crippen LogP contribution in [-0.4, -0.2) is 56.8 Å². The molecule has 2 aliphatic rings. The summed E-state index contributed by atoms with van der Waals surface area (Å²) >= 11 is 1.35. The number of nitrogens with one attached hydrogen (secondary N) is 1. The summed E-state index contributed by atoms with van der Waals surface area (Å²) in [6.07, 6.45) is -1.46. The lowest BCUT2D eigenvalue weighted by atomic mass is 10.0. The minimum Gasteiger partial charge on any atom is -0.332 e. The van der Waals surface area contributed by atoms with E-state index in [1.165, 1.54) is 17.4 Å². The van der Waals surface area contributed by atoms with E-state index in [2.05, 4.69) is 10.3 Å². The Morgan fingerprint density at radius 3 is 2.77 bits per heavy atom. The average molecular weight is 572 g/mol. The molecule has 0 bridgehead atoms. The van der Waals surface area contributed by atoms with Crippen LogP contribution in [-0.2, 0) is 25.7 Å². The normalized spacial score (nSPS) is 17.8. The smallest absolute Gasteiger partial charge is 0.332 e. The molecule has 3 aromatic heterocycles. The summed E-state index contributed by atoms with van der Waals surface area (Å²) in [7, 11) is 0. The molecule has 1 fully saturated rings. The average Bonchev–Trinajstić information content (AvgIpc) is 3.65. The molecule has 0 radical (unpaired) electrons. The Kier molecular flexibility index (Phi) is 6.83. The zero-order valence-electron chi connectivity index (χ0n) is 21.2. The molecule has 0 aliphatic carbocycles. The van der Waals surface area contributed by atoms with E-state index in [-0.39, 0.29) is 24.7 Å². The molecule has 2 amide bonds. The molecule has 0 saturated carbocycles. The molecule has 40 heavy (non-hydrogen) atoms. The van der Waals surface area contributed by atoms with Gasteiger partial charge in [-0.1, -0.05) is 6.07 Å². The van der Waals surface area contributed by atoms with Crippen molar-refractivity contribution in [2.24, 2.45) is 0 Å². The fourth-order valence-corrected chi connectivity index (χ4v) is 6.44. The number of aromatic nitrogens is 2. The highest BCUT2D eigenvalue weighted by molar-refractivity contribution is 7.10. The Bertz CT molecular complexity index is 1600. The number of pyridine rings is 1. The third kappa shape index (κ3) is 5.20. The number of amides is 2. The number of fused-ring (bicyclic) bond motifs is 2. The van der Waals surface area contributed by atoms with Crippen LogP contribution in [0.3, 0.4) is 0 Å². The Hall–Kier alpha value is -3.77. The first-order valence-corrected chi connectivity index (χ1v) is 13.7. The number of rotatable bonds is 5. The highest BCUT2D eigenvalue weighted by Crippen LogP contribution is 2.34. The third-order valence-corrected chi connectivity index (χ3v) is 8.33. The number of anilines is 1. The van der Waals surface area contributed by atoms with Crippen molar-refractivity contribution in [3.63, 3.8) is 0 Å². The molecular weight excluding hydrogens is 546 g/mol. The predicted molar refractivity (Wildman–Crippen MR) is 142 cm³/mol. The van der Waals surface area contributed by atoms with Crippen LogP contribution in [0.4, 0.5) is 23.2 Å². The van der Waals surface area contributed by atoms with Gasteiger partial charge in [0.1, 0.15) is 17.5 Å². The number of carbonyl (C=O) groups excluding carboxylic acids is 2. The van der Waals surface area contributed by atoms with Gasteiger partial charge in [0.25, 0.3) is 11.8 Å². The molecule has 5 heterocycles. The van der Waals surface area contributed by atoms with Crippen LogP contribution >= 0.6 is 11.3 Å². The van der Waals surface area contributed by atoms with E-state index in [1.54, 1.807) is 32.0 Å². The molecule has 2 aliphatic heterocycles. The standard InChI is InChI=1S/C28H25F4N5O2S/c29-19-4-7-35(14-19)13-17-9-18(28(30,31)32)11-20(10-17)34-26(38)22-16-40-24-15-36(8-5-21(22)24)27(39)23-12-33-25-3-1-2-6-37(23)25/h1-3,6,9-12,16,19H,4-5,7-8,13-15H2,(H,34,38). The maximum Gasteiger partial charge on any atom is 0.416 e. The number of alkyl halides is 4. The number of halogens is 4. The lowest BCUT2D eigenvalue weighted by Gasteiger charge is -2.27. The van der Waals surface area contributed by atoms with Crippen molar-refractivity contribution < 1.29 is 27.2 Å². The lowest BCUT2D eigenvalue weighted by Crippen LogP contribution is -2.36. The van der Waals surface area contributed by atoms with Crippen LogP contribution in [0.2, 0.25) is 0 Å². The molecule has 1 unspecified atom stereocenters. The third-order valence-electron chi connectivity index (χ3n) is 7.31. The van der Waals surface area contributed by atoms with Crippen molar-refractivity contribution in [1.82, 2.24) is 19.2 Å². The first kappa shape index (κ1) is 26.5. The number of imidazole rings is 1. The summed E-state index contributed by atoms with van der Waals surface area (Å²) in [5.74, 6) is -0.674. The van der Waals surface area contributed by atoms with E-state index in [9.17, 15) is 27.2 Å². The molecule has 7 nitrogen and oxygen atoms in total. The molecule has 0 spiro atoms. The van der Waals surface area contributed by atoms with Crippen LogP contribution in [0.25, 0.3) is 5.65 Å². The molecule has 12 heteroatoms. The molecule has 1 aromatic carbocycles. The monoisotopic (exact) mass is 571 g/mol. The largest absolute Gasteiger partial charge is 0.416 e. The van der Waals surface area contributed by atoms with E-state index < -0.39 is 23.8 Å². The van der Waals surface area contributed by atoms with Gasteiger partial charge in [-0.05, 0) is 54.3 Å². The van der Waals surface area contributed by atoms with Crippen molar-refractivity contribution in [2.45, 2.75) is 38.3 Å². The van der Waals surface area contributed by atoms with E-state index in [1.807, 2.05) is 18.2 Å². The van der Waals surface area contributed by atoms with Crippen LogP contribution in [0.15, 0.2) is 54.2 Å². The van der Waals surface area contributed by atoms with Gasteiger partial charge in [0.15, 0.2) is 0 Å².